The minimum atomic E-state index is -2.51. The predicted molar refractivity (Wildman–Crippen MR) is 57.9 cm³/mol. The van der Waals surface area contributed by atoms with Crippen LogP contribution in [0.2, 0.25) is 0 Å². The molecule has 0 aliphatic rings. The lowest BCUT2D eigenvalue weighted by molar-refractivity contribution is 0.0993. The van der Waals surface area contributed by atoms with Crippen LogP contribution in [0.4, 0.5) is 8.78 Å². The van der Waals surface area contributed by atoms with E-state index in [4.69, 9.17) is 5.84 Å². The molecule has 2 rings (SSSR count). The second-order valence-corrected chi connectivity index (χ2v) is 4.08. The number of hydrogen-bond acceptors (Lipinski definition) is 3. The van der Waals surface area contributed by atoms with Gasteiger partial charge in [-0.15, -0.1) is 11.3 Å². The van der Waals surface area contributed by atoms with Crippen LogP contribution in [0.25, 0.3) is 10.1 Å². The van der Waals surface area contributed by atoms with Crippen molar-refractivity contribution in [3.8, 4) is 0 Å². The Hall–Kier alpha value is -1.04. The first-order valence-electron chi connectivity index (χ1n) is 4.44. The minimum Gasteiger partial charge on any atom is -0.271 e. The number of benzene rings is 1. The van der Waals surface area contributed by atoms with E-state index in [-0.39, 0.29) is 0 Å². The molecular formula is C10H10F2N2S. The van der Waals surface area contributed by atoms with Crippen LogP contribution >= 0.6 is 11.3 Å². The zero-order chi connectivity index (χ0) is 10.8. The molecule has 1 unspecified atom stereocenters. The van der Waals surface area contributed by atoms with Crippen molar-refractivity contribution in [3.63, 3.8) is 0 Å². The lowest BCUT2D eigenvalue weighted by Crippen LogP contribution is -2.32. The van der Waals surface area contributed by atoms with Gasteiger partial charge in [-0.2, -0.15) is 0 Å². The fourth-order valence-electron chi connectivity index (χ4n) is 1.56. The van der Waals surface area contributed by atoms with Crippen LogP contribution in [0.5, 0.6) is 0 Å². The molecule has 1 aromatic heterocycles. The van der Waals surface area contributed by atoms with Crippen molar-refractivity contribution < 1.29 is 8.78 Å². The van der Waals surface area contributed by atoms with Crippen molar-refractivity contribution in [2.24, 2.45) is 5.84 Å². The molecule has 0 aliphatic heterocycles. The summed E-state index contributed by atoms with van der Waals surface area (Å²) in [6.45, 7) is 0. The van der Waals surface area contributed by atoms with E-state index in [1.54, 1.807) is 12.1 Å². The molecule has 1 aromatic carbocycles. The van der Waals surface area contributed by atoms with Crippen LogP contribution in [-0.2, 0) is 0 Å². The highest BCUT2D eigenvalue weighted by Gasteiger charge is 2.22. The Labute approximate surface area is 89.7 Å². The van der Waals surface area contributed by atoms with E-state index in [0.29, 0.717) is 5.56 Å². The number of hydrazine groups is 1. The lowest BCUT2D eigenvalue weighted by atomic mass is 10.1. The van der Waals surface area contributed by atoms with Crippen LogP contribution in [-0.4, -0.2) is 6.43 Å². The lowest BCUT2D eigenvalue weighted by Gasteiger charge is -2.15. The smallest absolute Gasteiger partial charge is 0.259 e. The third kappa shape index (κ3) is 1.86. The largest absolute Gasteiger partial charge is 0.271 e. The number of nitrogens with one attached hydrogen (secondary N) is 1. The highest BCUT2D eigenvalue weighted by atomic mass is 32.1. The third-order valence-electron chi connectivity index (χ3n) is 2.28. The molecule has 0 aliphatic carbocycles. The Bertz CT molecular complexity index is 455. The molecule has 0 radical (unpaired) electrons. The summed E-state index contributed by atoms with van der Waals surface area (Å²) in [6.07, 6.45) is -2.51. The van der Waals surface area contributed by atoms with Crippen molar-refractivity contribution in [3.05, 3.63) is 35.2 Å². The molecular weight excluding hydrogens is 218 g/mol. The fraction of sp³-hybridized carbons (Fsp3) is 0.200. The highest BCUT2D eigenvalue weighted by Crippen LogP contribution is 2.31. The van der Waals surface area contributed by atoms with Crippen LogP contribution in [0.1, 0.15) is 11.6 Å². The van der Waals surface area contributed by atoms with Crippen molar-refractivity contribution in [2.45, 2.75) is 12.5 Å². The molecule has 80 valence electrons. The van der Waals surface area contributed by atoms with Crippen LogP contribution in [0, 0.1) is 0 Å². The Morgan fingerprint density at radius 1 is 1.27 bits per heavy atom. The van der Waals surface area contributed by atoms with Crippen molar-refractivity contribution in [2.75, 3.05) is 0 Å². The quantitative estimate of drug-likeness (QED) is 0.626. The van der Waals surface area contributed by atoms with E-state index in [0.717, 1.165) is 10.1 Å². The summed E-state index contributed by atoms with van der Waals surface area (Å²) in [5.41, 5.74) is 2.71. The van der Waals surface area contributed by atoms with Gasteiger partial charge in [0.2, 0.25) is 0 Å². The predicted octanol–water partition coefficient (Wildman–Crippen LogP) is 2.67. The molecule has 5 heteroatoms. The van der Waals surface area contributed by atoms with Gasteiger partial charge in [0.05, 0.1) is 0 Å². The van der Waals surface area contributed by atoms with Crippen LogP contribution in [0.15, 0.2) is 29.6 Å². The van der Waals surface area contributed by atoms with Gasteiger partial charge in [0, 0.05) is 4.70 Å². The van der Waals surface area contributed by atoms with Gasteiger partial charge in [0.1, 0.15) is 6.04 Å². The average molecular weight is 228 g/mol. The summed E-state index contributed by atoms with van der Waals surface area (Å²) in [7, 11) is 0. The topological polar surface area (TPSA) is 38.0 Å². The summed E-state index contributed by atoms with van der Waals surface area (Å²) in [5.74, 6) is 5.14. The molecule has 0 spiro atoms. The zero-order valence-electron chi connectivity index (χ0n) is 7.78. The molecule has 2 nitrogen and oxygen atoms in total. The molecule has 1 heterocycles. The van der Waals surface area contributed by atoms with Crippen LogP contribution < -0.4 is 11.3 Å². The Morgan fingerprint density at radius 2 is 2.07 bits per heavy atom. The highest BCUT2D eigenvalue weighted by molar-refractivity contribution is 7.17. The van der Waals surface area contributed by atoms with Gasteiger partial charge < -0.3 is 0 Å². The molecule has 0 amide bonds. The fourth-order valence-corrected chi connectivity index (χ4v) is 2.51. The number of nitrogens with two attached hydrogens (primary N) is 1. The minimum absolute atomic E-state index is 0.556. The molecule has 15 heavy (non-hydrogen) atoms. The first kappa shape index (κ1) is 10.5. The van der Waals surface area contributed by atoms with E-state index in [2.05, 4.69) is 5.43 Å². The second-order valence-electron chi connectivity index (χ2n) is 3.16. The SMILES string of the molecule is NNC(c1cccc2ccsc12)C(F)F. The standard InChI is InChI=1S/C10H10F2N2S/c11-10(12)8(14-13)7-3-1-2-6-4-5-15-9(6)7/h1-5,8,10,14H,13H2. The van der Waals surface area contributed by atoms with Gasteiger partial charge in [0.15, 0.2) is 0 Å². The second kappa shape index (κ2) is 4.22. The van der Waals surface area contributed by atoms with Gasteiger partial charge in [-0.1, -0.05) is 18.2 Å². The maximum atomic E-state index is 12.7. The summed E-state index contributed by atoms with van der Waals surface area (Å²) in [6, 6.07) is 6.14. The van der Waals surface area contributed by atoms with Crippen molar-refractivity contribution >= 4 is 21.4 Å². The third-order valence-corrected chi connectivity index (χ3v) is 3.26. The zero-order valence-corrected chi connectivity index (χ0v) is 8.60. The molecule has 0 saturated carbocycles. The Balaban J connectivity index is 2.54. The van der Waals surface area contributed by atoms with Crippen LogP contribution in [0.3, 0.4) is 0 Å². The molecule has 0 saturated heterocycles. The maximum absolute atomic E-state index is 12.7. The average Bonchev–Trinajstić information content (AvgIpc) is 2.66. The molecule has 0 bridgehead atoms. The van der Waals surface area contributed by atoms with Gasteiger partial charge in [-0.25, -0.2) is 14.2 Å². The van der Waals surface area contributed by atoms with E-state index in [1.165, 1.54) is 11.3 Å². The molecule has 1 atom stereocenters. The number of hydrogen-bond donors (Lipinski definition) is 2. The van der Waals surface area contributed by atoms with Crippen molar-refractivity contribution in [1.29, 1.82) is 0 Å². The number of thiophene rings is 1. The van der Waals surface area contributed by atoms with E-state index >= 15 is 0 Å². The maximum Gasteiger partial charge on any atom is 0.259 e. The first-order chi connectivity index (χ1) is 7.24. The van der Waals surface area contributed by atoms with E-state index in [9.17, 15) is 8.78 Å². The molecule has 3 N–H and O–H groups in total. The van der Waals surface area contributed by atoms with Gasteiger partial charge >= 0.3 is 0 Å². The first-order valence-corrected chi connectivity index (χ1v) is 5.32. The number of rotatable bonds is 3. The number of fused-ring (bicyclic) bond motifs is 1. The monoisotopic (exact) mass is 228 g/mol. The van der Waals surface area contributed by atoms with Gasteiger partial charge in [0.25, 0.3) is 6.43 Å². The van der Waals surface area contributed by atoms with Crippen molar-refractivity contribution in [1.82, 2.24) is 5.43 Å². The number of halogens is 2. The Morgan fingerprint density at radius 3 is 2.73 bits per heavy atom. The summed E-state index contributed by atoms with van der Waals surface area (Å²) in [5, 5.41) is 2.85. The Kier molecular flexibility index (Phi) is 2.95. The normalized spacial score (nSPS) is 13.6. The van der Waals surface area contributed by atoms with Gasteiger partial charge in [-0.05, 0) is 22.4 Å². The summed E-state index contributed by atoms with van der Waals surface area (Å²) < 4.78 is 26.2. The van der Waals surface area contributed by atoms with E-state index in [1.807, 2.05) is 17.5 Å². The molecule has 0 fully saturated rings. The van der Waals surface area contributed by atoms with Gasteiger partial charge in [-0.3, -0.25) is 5.84 Å². The van der Waals surface area contributed by atoms with E-state index < -0.39 is 12.5 Å². The molecule has 2 aromatic rings. The number of alkyl halides is 2. The summed E-state index contributed by atoms with van der Waals surface area (Å²) >= 11 is 1.45. The summed E-state index contributed by atoms with van der Waals surface area (Å²) in [4.78, 5) is 0.